The van der Waals surface area contributed by atoms with E-state index in [1.54, 1.807) is 24.0 Å². The van der Waals surface area contributed by atoms with E-state index >= 15 is 0 Å². The number of hydrogen-bond acceptors (Lipinski definition) is 4. The molecule has 0 radical (unpaired) electrons. The average Bonchev–Trinajstić information content (AvgIpc) is 3.07. The second-order valence-electron chi connectivity index (χ2n) is 6.70. The number of rotatable bonds is 5. The molecule has 0 amide bonds. The highest BCUT2D eigenvalue weighted by atomic mass is 32.2. The molecule has 3 rings (SSSR count). The zero-order chi connectivity index (χ0) is 19.6. The van der Waals surface area contributed by atoms with Gasteiger partial charge in [-0.15, -0.1) is 0 Å². The molecule has 2 aromatic rings. The molecule has 1 atom stereocenters. The third-order valence-electron chi connectivity index (χ3n) is 4.77. The predicted octanol–water partition coefficient (Wildman–Crippen LogP) is 3.26. The van der Waals surface area contributed by atoms with E-state index in [1.165, 1.54) is 6.20 Å². The molecule has 0 aromatic carbocycles. The van der Waals surface area contributed by atoms with Crippen LogP contribution in [0.3, 0.4) is 0 Å². The van der Waals surface area contributed by atoms with Gasteiger partial charge in [0.25, 0.3) is 0 Å². The fraction of sp³-hybridized carbons (Fsp3) is 0.529. The summed E-state index contributed by atoms with van der Waals surface area (Å²) in [5.74, 6) is -0.680. The number of halogens is 3. The summed E-state index contributed by atoms with van der Waals surface area (Å²) in [5.41, 5.74) is 1.33. The van der Waals surface area contributed by atoms with E-state index < -0.39 is 23.1 Å². The SMILES string of the molecule is CNS(=O)c1cnc(NC2CCC(C(F)(F)F)CC2)c(-c2cn(C)cn2)c1. The van der Waals surface area contributed by atoms with Gasteiger partial charge in [-0.2, -0.15) is 13.2 Å². The van der Waals surface area contributed by atoms with Gasteiger partial charge in [0.2, 0.25) is 0 Å². The highest BCUT2D eigenvalue weighted by Crippen LogP contribution is 2.38. The monoisotopic (exact) mass is 401 g/mol. The first kappa shape index (κ1) is 19.8. The minimum atomic E-state index is -4.12. The number of aromatic nitrogens is 3. The Hall–Kier alpha value is -1.94. The van der Waals surface area contributed by atoms with Crippen molar-refractivity contribution in [1.82, 2.24) is 19.3 Å². The second kappa shape index (κ2) is 7.97. The lowest BCUT2D eigenvalue weighted by Crippen LogP contribution is -2.33. The van der Waals surface area contributed by atoms with E-state index in [2.05, 4.69) is 20.0 Å². The summed E-state index contributed by atoms with van der Waals surface area (Å²) in [6, 6.07) is 1.66. The smallest absolute Gasteiger partial charge is 0.367 e. The van der Waals surface area contributed by atoms with Crippen LogP contribution >= 0.6 is 0 Å². The van der Waals surface area contributed by atoms with Crippen LogP contribution in [0.4, 0.5) is 19.0 Å². The molecular weight excluding hydrogens is 379 g/mol. The summed E-state index contributed by atoms with van der Waals surface area (Å²) in [7, 11) is 2.03. The van der Waals surface area contributed by atoms with Crippen molar-refractivity contribution in [3.8, 4) is 11.3 Å². The van der Waals surface area contributed by atoms with Crippen molar-refractivity contribution in [1.29, 1.82) is 0 Å². The van der Waals surface area contributed by atoms with Crippen molar-refractivity contribution < 1.29 is 17.4 Å². The lowest BCUT2D eigenvalue weighted by atomic mass is 9.85. The zero-order valence-electron chi connectivity index (χ0n) is 15.1. The normalized spacial score (nSPS) is 21.8. The van der Waals surface area contributed by atoms with Crippen LogP contribution in [-0.2, 0) is 18.0 Å². The Morgan fingerprint density at radius 1 is 1.22 bits per heavy atom. The van der Waals surface area contributed by atoms with E-state index in [1.807, 2.05) is 13.2 Å². The first-order valence-electron chi connectivity index (χ1n) is 8.68. The van der Waals surface area contributed by atoms with Crippen molar-refractivity contribution in [3.63, 3.8) is 0 Å². The summed E-state index contributed by atoms with van der Waals surface area (Å²) in [5, 5.41) is 3.27. The van der Waals surface area contributed by atoms with Gasteiger partial charge in [-0.25, -0.2) is 18.9 Å². The fourth-order valence-electron chi connectivity index (χ4n) is 3.29. The van der Waals surface area contributed by atoms with Gasteiger partial charge in [-0.05, 0) is 38.8 Å². The van der Waals surface area contributed by atoms with Gasteiger partial charge in [0, 0.05) is 31.0 Å². The number of nitrogens with zero attached hydrogens (tertiary/aromatic N) is 3. The number of aryl methyl sites for hydroxylation is 1. The molecule has 1 aliphatic rings. The third-order valence-corrected chi connectivity index (χ3v) is 5.80. The molecule has 1 aliphatic carbocycles. The van der Waals surface area contributed by atoms with Gasteiger partial charge in [0.05, 0.1) is 22.8 Å². The number of imidazole rings is 1. The summed E-state index contributed by atoms with van der Waals surface area (Å²) in [4.78, 5) is 9.21. The molecule has 27 heavy (non-hydrogen) atoms. The molecule has 2 N–H and O–H groups in total. The van der Waals surface area contributed by atoms with E-state index in [0.29, 0.717) is 34.8 Å². The average molecular weight is 401 g/mol. The van der Waals surface area contributed by atoms with E-state index in [9.17, 15) is 17.4 Å². The Balaban J connectivity index is 1.82. The Bertz CT molecular complexity index is 815. The number of nitrogens with one attached hydrogen (secondary N) is 2. The van der Waals surface area contributed by atoms with Crippen molar-refractivity contribution in [3.05, 3.63) is 24.8 Å². The van der Waals surface area contributed by atoms with E-state index in [4.69, 9.17) is 0 Å². The van der Waals surface area contributed by atoms with E-state index in [0.717, 1.165) is 0 Å². The van der Waals surface area contributed by atoms with Crippen LogP contribution in [0.5, 0.6) is 0 Å². The van der Waals surface area contributed by atoms with E-state index in [-0.39, 0.29) is 18.9 Å². The summed E-state index contributed by atoms with van der Waals surface area (Å²) in [6.07, 6.45) is 1.92. The maximum absolute atomic E-state index is 12.9. The molecule has 2 heterocycles. The highest BCUT2D eigenvalue weighted by Gasteiger charge is 2.41. The standard InChI is InChI=1S/C17H22F3N5OS/c1-21-27(26)13-7-14(15-9-25(2)10-23-15)16(22-8-13)24-12-5-3-11(4-6-12)17(18,19)20/h7-12,21H,3-6H2,1-2H3,(H,22,24). The number of anilines is 1. The molecule has 1 saturated carbocycles. The van der Waals surface area contributed by atoms with Gasteiger partial charge in [-0.3, -0.25) is 0 Å². The summed E-state index contributed by atoms with van der Waals surface area (Å²) in [6.45, 7) is 0. The predicted molar refractivity (Wildman–Crippen MR) is 97.3 cm³/mol. The molecule has 0 aliphatic heterocycles. The summed E-state index contributed by atoms with van der Waals surface area (Å²) < 4.78 is 55.1. The largest absolute Gasteiger partial charge is 0.391 e. The van der Waals surface area contributed by atoms with Crippen molar-refractivity contribution in [2.24, 2.45) is 13.0 Å². The molecule has 10 heteroatoms. The van der Waals surface area contributed by atoms with Crippen molar-refractivity contribution in [2.45, 2.75) is 42.8 Å². The lowest BCUT2D eigenvalue weighted by Gasteiger charge is -2.31. The van der Waals surface area contributed by atoms with Crippen LogP contribution in [0.15, 0.2) is 29.7 Å². The lowest BCUT2D eigenvalue weighted by molar-refractivity contribution is -0.182. The second-order valence-corrected chi connectivity index (χ2v) is 8.12. The molecule has 148 valence electrons. The Morgan fingerprint density at radius 3 is 2.48 bits per heavy atom. The molecule has 6 nitrogen and oxygen atoms in total. The van der Waals surface area contributed by atoms with Crippen LogP contribution in [0.25, 0.3) is 11.3 Å². The van der Waals surface area contributed by atoms with Crippen LogP contribution < -0.4 is 10.0 Å². The highest BCUT2D eigenvalue weighted by molar-refractivity contribution is 7.83. The van der Waals surface area contributed by atoms with Crippen molar-refractivity contribution in [2.75, 3.05) is 12.4 Å². The molecule has 1 fully saturated rings. The summed E-state index contributed by atoms with van der Waals surface area (Å²) >= 11 is 0. The maximum Gasteiger partial charge on any atom is 0.391 e. The van der Waals surface area contributed by atoms with Crippen LogP contribution in [0.2, 0.25) is 0 Å². The molecule has 0 bridgehead atoms. The third kappa shape index (κ3) is 4.67. The van der Waals surface area contributed by atoms with Crippen molar-refractivity contribution >= 4 is 16.8 Å². The van der Waals surface area contributed by atoms with Gasteiger partial charge in [0.15, 0.2) is 0 Å². The molecule has 0 spiro atoms. The quantitative estimate of drug-likeness (QED) is 0.807. The number of alkyl halides is 3. The van der Waals surface area contributed by atoms with Gasteiger partial charge in [0.1, 0.15) is 16.8 Å². The minimum Gasteiger partial charge on any atom is -0.367 e. The first-order valence-corrected chi connectivity index (χ1v) is 9.83. The maximum atomic E-state index is 12.9. The number of hydrogen-bond donors (Lipinski definition) is 2. The van der Waals surface area contributed by atoms with Crippen LogP contribution in [0.1, 0.15) is 25.7 Å². The Labute approximate surface area is 158 Å². The van der Waals surface area contributed by atoms with Gasteiger partial charge >= 0.3 is 6.18 Å². The molecular formula is C17H22F3N5OS. The zero-order valence-corrected chi connectivity index (χ0v) is 15.9. The number of pyridine rings is 1. The van der Waals surface area contributed by atoms with Crippen LogP contribution in [-0.4, -0.2) is 38.0 Å². The van der Waals surface area contributed by atoms with Crippen LogP contribution in [0, 0.1) is 5.92 Å². The minimum absolute atomic E-state index is 0.0841. The fourth-order valence-corrected chi connectivity index (χ4v) is 3.89. The van der Waals surface area contributed by atoms with Gasteiger partial charge < -0.3 is 9.88 Å². The Kier molecular flexibility index (Phi) is 5.85. The first-order chi connectivity index (χ1) is 12.8. The Morgan fingerprint density at radius 2 is 1.93 bits per heavy atom. The van der Waals surface area contributed by atoms with Gasteiger partial charge in [-0.1, -0.05) is 0 Å². The molecule has 1 unspecified atom stereocenters. The molecule has 2 aromatic heterocycles. The molecule has 0 saturated heterocycles. The topological polar surface area (TPSA) is 71.8 Å².